The summed E-state index contributed by atoms with van der Waals surface area (Å²) in [5.74, 6) is 1.91. The Morgan fingerprint density at radius 2 is 0.971 bits per heavy atom. The van der Waals surface area contributed by atoms with Gasteiger partial charge in [-0.1, -0.05) is 12.1 Å². The van der Waals surface area contributed by atoms with Crippen molar-refractivity contribution in [2.45, 2.75) is 96.5 Å². The summed E-state index contributed by atoms with van der Waals surface area (Å²) in [7, 11) is 12.3. The van der Waals surface area contributed by atoms with Crippen molar-refractivity contribution < 1.29 is 77.2 Å². The molecule has 2 aliphatic rings. The van der Waals surface area contributed by atoms with Crippen molar-refractivity contribution in [1.29, 1.82) is 0 Å². The third-order valence-corrected chi connectivity index (χ3v) is 14.7. The van der Waals surface area contributed by atoms with Crippen molar-refractivity contribution in [2.75, 3.05) is 89.0 Å². The molecule has 2 heterocycles. The average molecular weight is 975 g/mol. The number of aliphatic hydroxyl groups is 5. The summed E-state index contributed by atoms with van der Waals surface area (Å²) in [4.78, 5) is 25.9. The molecule has 6 rings (SSSR count). The van der Waals surface area contributed by atoms with Crippen LogP contribution >= 0.6 is 0 Å². The first kappa shape index (κ1) is 53.9. The molecule has 0 bridgehead atoms. The van der Waals surface area contributed by atoms with Gasteiger partial charge < -0.3 is 67.7 Å². The number of benzene rings is 4. The first-order valence-electron chi connectivity index (χ1n) is 24.1. The summed E-state index contributed by atoms with van der Waals surface area (Å²) in [6.45, 7) is 2.21. The smallest absolute Gasteiger partial charge is 0.306 e. The third-order valence-electron chi connectivity index (χ3n) is 14.7. The van der Waals surface area contributed by atoms with E-state index in [0.29, 0.717) is 104 Å². The number of methoxy groups -OCH3 is 5. The topological polar surface area (TPSA) is 200 Å². The maximum atomic E-state index is 12.9. The molecular weight excluding hydrogens is 901 g/mol. The Morgan fingerprint density at radius 1 is 0.514 bits per heavy atom. The van der Waals surface area contributed by atoms with Gasteiger partial charge in [0.1, 0.15) is 17.8 Å². The number of ether oxygens (including phenoxy) is 7. The molecule has 0 unspecified atom stereocenters. The first-order valence-corrected chi connectivity index (χ1v) is 24.1. The lowest BCUT2D eigenvalue weighted by atomic mass is 9.83. The molecule has 0 amide bonds. The fourth-order valence-electron chi connectivity index (χ4n) is 10.7. The van der Waals surface area contributed by atoms with Gasteiger partial charge in [-0.05, 0) is 75.3 Å². The van der Waals surface area contributed by atoms with Gasteiger partial charge in [0, 0.05) is 60.8 Å². The van der Waals surface area contributed by atoms with Gasteiger partial charge in [0.05, 0.1) is 135 Å². The summed E-state index contributed by atoms with van der Waals surface area (Å²) in [5.41, 5.74) is 9.49. The number of fused-ring (bicyclic) bond motifs is 2. The quantitative estimate of drug-likeness (QED) is 0.0334. The molecule has 0 radical (unpaired) electrons. The second-order valence-corrected chi connectivity index (χ2v) is 18.9. The highest BCUT2D eigenvalue weighted by Gasteiger charge is 2.41. The zero-order chi connectivity index (χ0) is 50.6. The highest BCUT2D eigenvalue weighted by molar-refractivity contribution is 5.77. The molecule has 0 saturated carbocycles. The number of hydrogen-bond donors (Lipinski definition) is 5. The molecule has 16 heteroatoms. The molecule has 0 spiro atoms. The van der Waals surface area contributed by atoms with Gasteiger partial charge in [-0.15, -0.1) is 0 Å². The lowest BCUT2D eigenvalue weighted by molar-refractivity contribution is -0.941. The fraction of sp³-hybridized carbons (Fsp3) is 0.519. The van der Waals surface area contributed by atoms with Crippen LogP contribution in [0.1, 0.15) is 99.0 Å². The van der Waals surface area contributed by atoms with Gasteiger partial charge in [-0.3, -0.25) is 9.59 Å². The van der Waals surface area contributed by atoms with Crippen molar-refractivity contribution in [3.8, 4) is 28.7 Å². The van der Waals surface area contributed by atoms with Crippen molar-refractivity contribution in [3.63, 3.8) is 0 Å². The van der Waals surface area contributed by atoms with Crippen molar-refractivity contribution in [3.05, 3.63) is 110 Å². The summed E-state index contributed by atoms with van der Waals surface area (Å²) in [6.07, 6.45) is 3.71. The highest BCUT2D eigenvalue weighted by Crippen LogP contribution is 2.44. The number of aliphatic hydroxyl groups excluding tert-OH is 5. The predicted octanol–water partition coefficient (Wildman–Crippen LogP) is 5.11. The van der Waals surface area contributed by atoms with Crippen LogP contribution in [0.2, 0.25) is 0 Å². The zero-order valence-corrected chi connectivity index (χ0v) is 42.0. The molecule has 4 aromatic rings. The van der Waals surface area contributed by atoms with E-state index in [1.54, 1.807) is 28.4 Å². The lowest BCUT2D eigenvalue weighted by Crippen LogP contribution is -2.52. The number of quaternary nitrogens is 2. The van der Waals surface area contributed by atoms with Crippen molar-refractivity contribution in [2.24, 2.45) is 0 Å². The number of nitrogens with zero attached hydrogens (tertiary/aromatic N) is 2. The van der Waals surface area contributed by atoms with E-state index >= 15 is 0 Å². The highest BCUT2D eigenvalue weighted by atomic mass is 16.5. The fourth-order valence-corrected chi connectivity index (χ4v) is 10.7. The molecular formula is C54H74N2O14+2. The minimum Gasteiger partial charge on any atom is -0.496 e. The van der Waals surface area contributed by atoms with Crippen LogP contribution in [-0.4, -0.2) is 135 Å². The van der Waals surface area contributed by atoms with Crippen molar-refractivity contribution >= 4 is 11.9 Å². The van der Waals surface area contributed by atoms with Crippen LogP contribution < -0.4 is 23.7 Å². The van der Waals surface area contributed by atoms with Crippen LogP contribution in [0.15, 0.2) is 48.5 Å². The monoisotopic (exact) mass is 975 g/mol. The second kappa shape index (κ2) is 24.6. The van der Waals surface area contributed by atoms with E-state index < -0.39 is 11.9 Å². The molecule has 4 aromatic carbocycles. The molecule has 382 valence electrons. The van der Waals surface area contributed by atoms with E-state index in [1.165, 1.54) is 12.7 Å². The van der Waals surface area contributed by atoms with Gasteiger partial charge >= 0.3 is 11.9 Å². The minimum absolute atomic E-state index is 0.0203. The Bertz CT molecular complexity index is 2230. The Morgan fingerprint density at radius 3 is 1.46 bits per heavy atom. The van der Waals surface area contributed by atoms with Crippen LogP contribution in [0.3, 0.4) is 0 Å². The van der Waals surface area contributed by atoms with Gasteiger partial charge in [-0.25, -0.2) is 0 Å². The van der Waals surface area contributed by atoms with Crippen LogP contribution in [0.5, 0.6) is 28.7 Å². The van der Waals surface area contributed by atoms with Crippen LogP contribution in [0, 0.1) is 0 Å². The summed E-state index contributed by atoms with van der Waals surface area (Å²) in [5, 5.41) is 50.7. The number of esters is 2. The van der Waals surface area contributed by atoms with Crippen LogP contribution in [-0.2, 0) is 77.8 Å². The molecule has 0 saturated heterocycles. The number of carbonyl (C=O) groups is 2. The minimum atomic E-state index is -0.476. The van der Waals surface area contributed by atoms with Gasteiger partial charge in [0.2, 0.25) is 0 Å². The molecule has 2 aliphatic heterocycles. The molecule has 70 heavy (non-hydrogen) atoms. The van der Waals surface area contributed by atoms with Gasteiger partial charge in [0.25, 0.3) is 0 Å². The Balaban J connectivity index is 1.04. The largest absolute Gasteiger partial charge is 0.496 e. The molecule has 5 N–H and O–H groups in total. The van der Waals surface area contributed by atoms with Gasteiger partial charge in [0.15, 0.2) is 23.0 Å². The zero-order valence-electron chi connectivity index (χ0n) is 42.0. The standard InChI is InChI=1S/C54H74N2O14/c1-55(16-12-37-26-39(30-57)40(31-58)27-43(37)46(55)22-35-20-41(32-59)45(34-61)48(24-35)64-3)14-8-18-69-52(62)10-11-53(63)70-19-9-15-56(2)17-13-38-28-49(65-4)50(66-5)29-44(38)47(56)23-36-21-42(33-60)54(68-7)51(25-36)67-6/h20-21,24-29,46-47,57-61H,8-19,22-23,30-34H2,1-7H3/q+2/t46-,47-,55-,56-/m1/s1. The van der Waals surface area contributed by atoms with E-state index in [0.717, 1.165) is 53.7 Å². The molecule has 0 fully saturated rings. The summed E-state index contributed by atoms with van der Waals surface area (Å²) in [6, 6.07) is 15.7. The van der Waals surface area contributed by atoms with Crippen LogP contribution in [0.4, 0.5) is 0 Å². The number of rotatable bonds is 25. The SMILES string of the molecule is COc1cc2c(cc1OC)[C@@H](Cc1cc(CO)c(OC)c(OC)c1)[N@+](C)(CCCOC(=O)CCC(=O)OCCC[N@+]1(C)CCc3cc(CO)c(CO)cc3[C@H]1Cc1cc(CO)c(CO)c(OC)c1)CC2. The molecule has 0 aromatic heterocycles. The maximum Gasteiger partial charge on any atom is 0.306 e. The normalized spacial score (nSPS) is 19.4. The Kier molecular flexibility index (Phi) is 18.9. The molecule has 0 aliphatic carbocycles. The summed E-state index contributed by atoms with van der Waals surface area (Å²) >= 11 is 0. The predicted molar refractivity (Wildman–Crippen MR) is 261 cm³/mol. The second-order valence-electron chi connectivity index (χ2n) is 18.9. The van der Waals surface area contributed by atoms with E-state index in [2.05, 4.69) is 26.2 Å². The van der Waals surface area contributed by atoms with Crippen molar-refractivity contribution in [1.82, 2.24) is 0 Å². The third kappa shape index (κ3) is 12.2. The van der Waals surface area contributed by atoms with E-state index in [1.807, 2.05) is 36.4 Å². The van der Waals surface area contributed by atoms with E-state index in [9.17, 15) is 35.1 Å². The average Bonchev–Trinajstić information content (AvgIpc) is 3.38. The summed E-state index contributed by atoms with van der Waals surface area (Å²) < 4.78 is 40.8. The molecule has 16 nitrogen and oxygen atoms in total. The van der Waals surface area contributed by atoms with Gasteiger partial charge in [-0.2, -0.15) is 0 Å². The molecule has 4 atom stereocenters. The Hall–Kier alpha value is -5.46. The van der Waals surface area contributed by atoms with E-state index in [4.69, 9.17) is 33.2 Å². The first-order chi connectivity index (χ1) is 33.7. The Labute approximate surface area is 412 Å². The van der Waals surface area contributed by atoms with E-state index in [-0.39, 0.29) is 71.2 Å². The van der Waals surface area contributed by atoms with Crippen LogP contribution in [0.25, 0.3) is 0 Å². The number of likely N-dealkylation sites (N-methyl/N-ethyl adjacent to an activating group) is 2. The maximum absolute atomic E-state index is 12.9. The lowest BCUT2D eigenvalue weighted by Gasteiger charge is -2.46. The number of hydrogen-bond acceptors (Lipinski definition) is 14. The number of carbonyl (C=O) groups excluding carboxylic acids is 2.